The van der Waals surface area contributed by atoms with Crippen LogP contribution >= 0.6 is 0 Å². The van der Waals surface area contributed by atoms with E-state index < -0.39 is 33.0 Å². The minimum atomic E-state index is -5.38. The Hall–Kier alpha value is -2.89. The Labute approximate surface area is 145 Å². The number of aromatic nitrogens is 4. The van der Waals surface area contributed by atoms with Crippen LogP contribution in [0, 0.1) is 12.7 Å². The summed E-state index contributed by atoms with van der Waals surface area (Å²) in [5.74, 6) is -6.25. The Morgan fingerprint density at radius 1 is 1.23 bits per heavy atom. The molecule has 0 aliphatic rings. The Kier molecular flexibility index (Phi) is 4.22. The molecule has 12 heteroatoms. The summed E-state index contributed by atoms with van der Waals surface area (Å²) in [6.07, 6.45) is 0. The van der Waals surface area contributed by atoms with Gasteiger partial charge in [0.25, 0.3) is 0 Å². The zero-order chi connectivity index (χ0) is 19.2. The minimum absolute atomic E-state index is 0.150. The molecule has 138 valence electrons. The molecule has 0 saturated carbocycles. The van der Waals surface area contributed by atoms with Crippen molar-refractivity contribution in [2.75, 3.05) is 7.11 Å². The first-order chi connectivity index (χ1) is 12.2. The average molecular weight is 388 g/mol. The molecule has 0 saturated heterocycles. The Balaban J connectivity index is 2.48. The maximum absolute atomic E-state index is 14.3. The van der Waals surface area contributed by atoms with Crippen LogP contribution in [0.4, 0.5) is 13.2 Å². The Morgan fingerprint density at radius 3 is 2.54 bits per heavy atom. The molecule has 0 spiro atoms. The topological polar surface area (TPSA) is 107 Å². The van der Waals surface area contributed by atoms with Crippen LogP contribution in [0.15, 0.2) is 18.2 Å². The SMILES string of the molecule is COc1nc(C)nc(-c2c(O)n(S(=O)(=O)C(F)F)c3c(F)cccc23)n1. The van der Waals surface area contributed by atoms with Crippen LogP contribution in [0.5, 0.6) is 11.9 Å². The first kappa shape index (κ1) is 17.9. The number of rotatable bonds is 4. The summed E-state index contributed by atoms with van der Waals surface area (Å²) in [4.78, 5) is 11.7. The van der Waals surface area contributed by atoms with Gasteiger partial charge in [-0.25, -0.2) is 9.37 Å². The lowest BCUT2D eigenvalue weighted by Crippen LogP contribution is -2.20. The minimum Gasteiger partial charge on any atom is -0.493 e. The molecule has 2 heterocycles. The largest absolute Gasteiger partial charge is 0.493 e. The molecule has 2 aromatic heterocycles. The number of fused-ring (bicyclic) bond motifs is 1. The van der Waals surface area contributed by atoms with Crippen molar-refractivity contribution in [2.45, 2.75) is 12.7 Å². The molecule has 0 bridgehead atoms. The van der Waals surface area contributed by atoms with Gasteiger partial charge in [-0.05, 0) is 13.0 Å². The Bertz CT molecular complexity index is 1120. The quantitative estimate of drug-likeness (QED) is 0.729. The predicted molar refractivity (Wildman–Crippen MR) is 84.0 cm³/mol. The third-order valence-corrected chi connectivity index (χ3v) is 4.80. The number of aryl methyl sites for hydroxylation is 1. The fourth-order valence-corrected chi connectivity index (χ4v) is 3.39. The molecule has 3 aromatic rings. The van der Waals surface area contributed by atoms with Crippen LogP contribution in [-0.2, 0) is 10.0 Å². The fraction of sp³-hybridized carbons (Fsp3) is 0.214. The van der Waals surface area contributed by atoms with Gasteiger partial charge in [0.1, 0.15) is 17.2 Å². The van der Waals surface area contributed by atoms with Crippen molar-refractivity contribution < 1.29 is 31.4 Å². The van der Waals surface area contributed by atoms with Crippen molar-refractivity contribution in [1.82, 2.24) is 18.9 Å². The molecule has 0 aliphatic heterocycles. The van der Waals surface area contributed by atoms with Crippen molar-refractivity contribution in [1.29, 1.82) is 0 Å². The van der Waals surface area contributed by atoms with Gasteiger partial charge in [-0.15, -0.1) is 0 Å². The van der Waals surface area contributed by atoms with Gasteiger partial charge in [0.2, 0.25) is 5.88 Å². The summed E-state index contributed by atoms with van der Waals surface area (Å²) >= 11 is 0. The van der Waals surface area contributed by atoms with Crippen LogP contribution in [-0.4, -0.2) is 45.3 Å². The molecule has 0 radical (unpaired) electrons. The summed E-state index contributed by atoms with van der Waals surface area (Å²) < 4.78 is 69.0. The van der Waals surface area contributed by atoms with E-state index in [0.717, 1.165) is 6.07 Å². The zero-order valence-corrected chi connectivity index (χ0v) is 14.1. The van der Waals surface area contributed by atoms with E-state index in [2.05, 4.69) is 15.0 Å². The van der Waals surface area contributed by atoms with Crippen molar-refractivity contribution in [3.63, 3.8) is 0 Å². The number of hydrogen-bond acceptors (Lipinski definition) is 7. The number of hydrogen-bond donors (Lipinski definition) is 1. The molecule has 0 unspecified atom stereocenters. The highest BCUT2D eigenvalue weighted by molar-refractivity contribution is 7.90. The van der Waals surface area contributed by atoms with Crippen LogP contribution in [0.3, 0.4) is 0 Å². The van der Waals surface area contributed by atoms with Gasteiger partial charge in [-0.3, -0.25) is 0 Å². The highest BCUT2D eigenvalue weighted by Crippen LogP contribution is 2.41. The molecular formula is C14H11F3N4O4S. The number of halogens is 3. The molecule has 0 atom stereocenters. The first-order valence-corrected chi connectivity index (χ1v) is 8.50. The normalized spacial score (nSPS) is 12.1. The van der Waals surface area contributed by atoms with Gasteiger partial charge in [0.05, 0.1) is 12.7 Å². The van der Waals surface area contributed by atoms with E-state index >= 15 is 0 Å². The lowest BCUT2D eigenvalue weighted by Gasteiger charge is -2.08. The zero-order valence-electron chi connectivity index (χ0n) is 13.3. The molecule has 0 fully saturated rings. The molecule has 1 aromatic carbocycles. The van der Waals surface area contributed by atoms with E-state index in [4.69, 9.17) is 4.74 Å². The fourth-order valence-electron chi connectivity index (χ4n) is 2.46. The number of alkyl halides is 2. The summed E-state index contributed by atoms with van der Waals surface area (Å²) in [5.41, 5.74) is -1.08. The third kappa shape index (κ3) is 2.62. The standard InChI is InChI=1S/C14H11F3N4O4S/c1-6-18-11(20-14(19-6)25-2)9-7-4-3-5-8(15)10(7)21(12(9)22)26(23,24)13(16)17/h3-5,13,22H,1-2H3. The molecule has 0 amide bonds. The van der Waals surface area contributed by atoms with E-state index in [1.807, 2.05) is 0 Å². The van der Waals surface area contributed by atoms with Crippen molar-refractivity contribution >= 4 is 20.9 Å². The van der Waals surface area contributed by atoms with Crippen LogP contribution in [0.2, 0.25) is 0 Å². The number of methoxy groups -OCH3 is 1. The molecule has 0 aliphatic carbocycles. The summed E-state index contributed by atoms with van der Waals surface area (Å²) in [7, 11) is -4.11. The number of ether oxygens (including phenoxy) is 1. The highest BCUT2D eigenvalue weighted by atomic mass is 32.2. The third-order valence-electron chi connectivity index (χ3n) is 3.49. The first-order valence-electron chi connectivity index (χ1n) is 7.00. The van der Waals surface area contributed by atoms with Crippen molar-refractivity contribution in [3.05, 3.63) is 29.8 Å². The Morgan fingerprint density at radius 2 is 1.92 bits per heavy atom. The second kappa shape index (κ2) is 6.12. The molecule has 8 nitrogen and oxygen atoms in total. The summed E-state index contributed by atoms with van der Waals surface area (Å²) in [6.45, 7) is 1.47. The van der Waals surface area contributed by atoms with Gasteiger partial charge in [-0.2, -0.15) is 31.1 Å². The highest BCUT2D eigenvalue weighted by Gasteiger charge is 2.35. The van der Waals surface area contributed by atoms with E-state index in [0.29, 0.717) is 0 Å². The average Bonchev–Trinajstić information content (AvgIpc) is 2.88. The number of aromatic hydroxyl groups is 1. The molecule has 26 heavy (non-hydrogen) atoms. The summed E-state index contributed by atoms with van der Waals surface area (Å²) in [5, 5.41) is 10.2. The van der Waals surface area contributed by atoms with Crippen LogP contribution in [0.1, 0.15) is 5.82 Å². The monoisotopic (exact) mass is 388 g/mol. The van der Waals surface area contributed by atoms with Crippen molar-refractivity contribution in [2.24, 2.45) is 0 Å². The van der Waals surface area contributed by atoms with Crippen LogP contribution in [0.25, 0.3) is 22.3 Å². The second-order valence-electron chi connectivity index (χ2n) is 5.10. The van der Waals surface area contributed by atoms with Gasteiger partial charge in [0.15, 0.2) is 5.82 Å². The van der Waals surface area contributed by atoms with E-state index in [-0.39, 0.29) is 32.6 Å². The maximum atomic E-state index is 14.3. The van der Waals surface area contributed by atoms with Crippen molar-refractivity contribution in [3.8, 4) is 23.3 Å². The number of benzene rings is 1. The van der Waals surface area contributed by atoms with Gasteiger partial charge >= 0.3 is 21.8 Å². The number of para-hydroxylation sites is 1. The second-order valence-corrected chi connectivity index (χ2v) is 6.85. The maximum Gasteiger partial charge on any atom is 0.355 e. The lowest BCUT2D eigenvalue weighted by atomic mass is 10.1. The lowest BCUT2D eigenvalue weighted by molar-refractivity contribution is 0.232. The van der Waals surface area contributed by atoms with Crippen LogP contribution < -0.4 is 4.74 Å². The van der Waals surface area contributed by atoms with Gasteiger partial charge in [-0.1, -0.05) is 12.1 Å². The van der Waals surface area contributed by atoms with Gasteiger partial charge in [0, 0.05) is 5.39 Å². The van der Waals surface area contributed by atoms with E-state index in [1.54, 1.807) is 0 Å². The smallest absolute Gasteiger partial charge is 0.355 e. The summed E-state index contributed by atoms with van der Waals surface area (Å²) in [6, 6.07) is 3.20. The van der Waals surface area contributed by atoms with Gasteiger partial charge < -0.3 is 9.84 Å². The number of nitrogens with zero attached hydrogens (tertiary/aromatic N) is 4. The molecule has 1 N–H and O–H groups in total. The molecular weight excluding hydrogens is 377 g/mol. The van der Waals surface area contributed by atoms with E-state index in [1.165, 1.54) is 26.2 Å². The predicted octanol–water partition coefficient (Wildman–Crippen LogP) is 2.06. The molecule has 3 rings (SSSR count). The van der Waals surface area contributed by atoms with E-state index in [9.17, 15) is 26.7 Å².